The fourth-order valence-electron chi connectivity index (χ4n) is 1.78. The molecule has 0 N–H and O–H groups in total. The maximum atomic E-state index is 8.39. The van der Waals surface area contributed by atoms with E-state index in [4.69, 9.17) is 5.53 Å². The molecule has 5 heteroatoms. The van der Waals surface area contributed by atoms with Crippen LogP contribution in [0.2, 0.25) is 0 Å². The summed E-state index contributed by atoms with van der Waals surface area (Å²) >= 11 is 0. The molecule has 0 radical (unpaired) electrons. The maximum absolute atomic E-state index is 8.39. The quantitative estimate of drug-likeness (QED) is 0.449. The van der Waals surface area contributed by atoms with E-state index < -0.39 is 0 Å². The van der Waals surface area contributed by atoms with Crippen LogP contribution in [0.1, 0.15) is 17.0 Å². The van der Waals surface area contributed by atoms with Crippen LogP contribution < -0.4 is 0 Å². The van der Waals surface area contributed by atoms with Crippen LogP contribution in [0.15, 0.2) is 35.4 Å². The van der Waals surface area contributed by atoms with E-state index >= 15 is 0 Å². The Morgan fingerprint density at radius 3 is 2.82 bits per heavy atom. The highest BCUT2D eigenvalue weighted by molar-refractivity contribution is 5.40. The SMILES string of the molecule is Cc1cc(C)n(Cc2cccc(N=[N+]=[N-])c2)n1. The molecule has 2 aromatic rings. The molecule has 0 fully saturated rings. The molecule has 0 aliphatic carbocycles. The van der Waals surface area contributed by atoms with Gasteiger partial charge in [0.2, 0.25) is 0 Å². The molecule has 1 aromatic heterocycles. The van der Waals surface area contributed by atoms with Gasteiger partial charge in [0.25, 0.3) is 0 Å². The minimum atomic E-state index is 0.631. The number of nitrogens with zero attached hydrogens (tertiary/aromatic N) is 5. The van der Waals surface area contributed by atoms with E-state index in [1.54, 1.807) is 6.07 Å². The third kappa shape index (κ3) is 2.65. The van der Waals surface area contributed by atoms with Crippen LogP contribution in [0.4, 0.5) is 5.69 Å². The first-order chi connectivity index (χ1) is 8.19. The Bertz CT molecular complexity index is 578. The van der Waals surface area contributed by atoms with Crippen molar-refractivity contribution in [1.82, 2.24) is 9.78 Å². The summed E-state index contributed by atoms with van der Waals surface area (Å²) in [5.41, 5.74) is 12.2. The maximum Gasteiger partial charge on any atom is 0.0662 e. The van der Waals surface area contributed by atoms with Gasteiger partial charge in [-0.1, -0.05) is 23.3 Å². The molecular formula is C12H13N5. The Labute approximate surface area is 99.3 Å². The highest BCUT2D eigenvalue weighted by Crippen LogP contribution is 2.15. The van der Waals surface area contributed by atoms with E-state index in [1.807, 2.05) is 42.8 Å². The summed E-state index contributed by atoms with van der Waals surface area (Å²) in [5.74, 6) is 0. The molecule has 1 heterocycles. The highest BCUT2D eigenvalue weighted by Gasteiger charge is 2.02. The minimum absolute atomic E-state index is 0.631. The summed E-state index contributed by atoms with van der Waals surface area (Å²) in [6, 6.07) is 9.57. The zero-order valence-corrected chi connectivity index (χ0v) is 9.83. The van der Waals surface area contributed by atoms with E-state index in [9.17, 15) is 0 Å². The molecule has 0 atom stereocenters. The zero-order chi connectivity index (χ0) is 12.3. The molecule has 0 saturated carbocycles. The Kier molecular flexibility index (Phi) is 3.12. The number of aryl methyl sites for hydroxylation is 2. The second kappa shape index (κ2) is 4.72. The number of aromatic nitrogens is 2. The van der Waals surface area contributed by atoms with Crippen molar-refractivity contribution < 1.29 is 0 Å². The van der Waals surface area contributed by atoms with Gasteiger partial charge in [-0.25, -0.2) is 0 Å². The fraction of sp³-hybridized carbons (Fsp3) is 0.250. The highest BCUT2D eigenvalue weighted by atomic mass is 15.3. The number of azide groups is 1. The summed E-state index contributed by atoms with van der Waals surface area (Å²) < 4.78 is 1.94. The van der Waals surface area contributed by atoms with Crippen molar-refractivity contribution in [1.29, 1.82) is 0 Å². The van der Waals surface area contributed by atoms with E-state index in [0.29, 0.717) is 12.2 Å². The summed E-state index contributed by atoms with van der Waals surface area (Å²) in [5, 5.41) is 7.98. The number of rotatable bonds is 3. The fourth-order valence-corrected chi connectivity index (χ4v) is 1.78. The van der Waals surface area contributed by atoms with Gasteiger partial charge in [-0.3, -0.25) is 4.68 Å². The van der Waals surface area contributed by atoms with Crippen molar-refractivity contribution in [3.63, 3.8) is 0 Å². The van der Waals surface area contributed by atoms with E-state index in [1.165, 1.54) is 0 Å². The van der Waals surface area contributed by atoms with Crippen LogP contribution in [0.3, 0.4) is 0 Å². The molecule has 5 nitrogen and oxygen atoms in total. The smallest absolute Gasteiger partial charge is 0.0662 e. The molecule has 0 spiro atoms. The minimum Gasteiger partial charge on any atom is -0.265 e. The van der Waals surface area contributed by atoms with Gasteiger partial charge < -0.3 is 0 Å². The molecule has 86 valence electrons. The molecule has 0 bridgehead atoms. The average Bonchev–Trinajstić information content (AvgIpc) is 2.58. The second-order valence-corrected chi connectivity index (χ2v) is 3.94. The first-order valence-corrected chi connectivity index (χ1v) is 5.34. The molecule has 1 aromatic carbocycles. The largest absolute Gasteiger partial charge is 0.265 e. The molecule has 17 heavy (non-hydrogen) atoms. The number of benzene rings is 1. The van der Waals surface area contributed by atoms with Crippen molar-refractivity contribution in [3.8, 4) is 0 Å². The van der Waals surface area contributed by atoms with Gasteiger partial charge in [0.1, 0.15) is 0 Å². The Hall–Kier alpha value is -2.26. The van der Waals surface area contributed by atoms with E-state index in [0.717, 1.165) is 17.0 Å². The monoisotopic (exact) mass is 227 g/mol. The molecule has 0 saturated heterocycles. The molecular weight excluding hydrogens is 214 g/mol. The Morgan fingerprint density at radius 2 is 2.18 bits per heavy atom. The van der Waals surface area contributed by atoms with Gasteiger partial charge in [-0.15, -0.1) is 0 Å². The van der Waals surface area contributed by atoms with Crippen LogP contribution in [0, 0.1) is 13.8 Å². The lowest BCUT2D eigenvalue weighted by Gasteiger charge is -2.05. The topological polar surface area (TPSA) is 66.6 Å². The summed E-state index contributed by atoms with van der Waals surface area (Å²) in [7, 11) is 0. The van der Waals surface area contributed by atoms with E-state index in [-0.39, 0.29) is 0 Å². The van der Waals surface area contributed by atoms with E-state index in [2.05, 4.69) is 15.1 Å². The first-order valence-electron chi connectivity index (χ1n) is 5.34. The molecule has 2 rings (SSSR count). The van der Waals surface area contributed by atoms with Crippen LogP contribution in [-0.4, -0.2) is 9.78 Å². The summed E-state index contributed by atoms with van der Waals surface area (Å²) in [4.78, 5) is 2.78. The van der Waals surface area contributed by atoms with Gasteiger partial charge in [-0.05, 0) is 37.1 Å². The predicted octanol–water partition coefficient (Wildman–Crippen LogP) is 3.49. The van der Waals surface area contributed by atoms with Gasteiger partial charge in [-0.2, -0.15) is 5.10 Å². The normalized spacial score (nSPS) is 10.0. The molecule has 0 aliphatic heterocycles. The number of hydrogen-bond acceptors (Lipinski definition) is 2. The van der Waals surface area contributed by atoms with Gasteiger partial charge in [0.15, 0.2) is 0 Å². The zero-order valence-electron chi connectivity index (χ0n) is 9.83. The van der Waals surface area contributed by atoms with Gasteiger partial charge >= 0.3 is 0 Å². The van der Waals surface area contributed by atoms with Crippen molar-refractivity contribution in [2.75, 3.05) is 0 Å². The lowest BCUT2D eigenvalue weighted by molar-refractivity contribution is 0.659. The third-order valence-corrected chi connectivity index (χ3v) is 2.51. The third-order valence-electron chi connectivity index (χ3n) is 2.51. The van der Waals surface area contributed by atoms with Crippen LogP contribution in [0.5, 0.6) is 0 Å². The van der Waals surface area contributed by atoms with Crippen molar-refractivity contribution in [2.45, 2.75) is 20.4 Å². The summed E-state index contributed by atoms with van der Waals surface area (Å²) in [6.45, 7) is 4.69. The lowest BCUT2D eigenvalue weighted by Crippen LogP contribution is -2.03. The van der Waals surface area contributed by atoms with Crippen molar-refractivity contribution in [3.05, 3.63) is 57.7 Å². The van der Waals surface area contributed by atoms with Gasteiger partial charge in [0, 0.05) is 16.3 Å². The average molecular weight is 227 g/mol. The van der Waals surface area contributed by atoms with Crippen LogP contribution >= 0.6 is 0 Å². The number of hydrogen-bond donors (Lipinski definition) is 0. The molecule has 0 amide bonds. The Morgan fingerprint density at radius 1 is 1.35 bits per heavy atom. The van der Waals surface area contributed by atoms with Gasteiger partial charge in [0.05, 0.1) is 12.2 Å². The van der Waals surface area contributed by atoms with Crippen molar-refractivity contribution in [2.24, 2.45) is 5.11 Å². The van der Waals surface area contributed by atoms with Crippen LogP contribution in [0.25, 0.3) is 10.4 Å². The standard InChI is InChI=1S/C12H13N5/c1-9-6-10(2)17(15-9)8-11-4-3-5-12(7-11)14-16-13/h3-7H,8H2,1-2H3. The summed E-state index contributed by atoms with van der Waals surface area (Å²) in [6.07, 6.45) is 0. The Balaban J connectivity index is 2.26. The van der Waals surface area contributed by atoms with Crippen LogP contribution in [-0.2, 0) is 6.54 Å². The lowest BCUT2D eigenvalue weighted by atomic mass is 10.2. The molecule has 0 aliphatic rings. The molecule has 0 unspecified atom stereocenters. The second-order valence-electron chi connectivity index (χ2n) is 3.94. The van der Waals surface area contributed by atoms with Crippen molar-refractivity contribution >= 4 is 5.69 Å². The predicted molar refractivity (Wildman–Crippen MR) is 66.1 cm³/mol. The first kappa shape index (κ1) is 11.2.